The van der Waals surface area contributed by atoms with Crippen molar-refractivity contribution in [2.45, 2.75) is 12.8 Å². The fraction of sp³-hybridized carbons (Fsp3) is 0.227. The van der Waals surface area contributed by atoms with E-state index in [-0.39, 0.29) is 17.7 Å². The van der Waals surface area contributed by atoms with Gasteiger partial charge in [-0.2, -0.15) is 0 Å². The van der Waals surface area contributed by atoms with Crippen LogP contribution in [0.2, 0.25) is 0 Å². The molecule has 0 unspecified atom stereocenters. The number of aromatic nitrogens is 2. The van der Waals surface area contributed by atoms with Gasteiger partial charge in [0.25, 0.3) is 5.91 Å². The number of amides is 2. The van der Waals surface area contributed by atoms with Crippen molar-refractivity contribution in [1.29, 1.82) is 0 Å². The summed E-state index contributed by atoms with van der Waals surface area (Å²) in [4.78, 5) is 33.3. The van der Waals surface area contributed by atoms with E-state index in [1.165, 1.54) is 11.3 Å². The van der Waals surface area contributed by atoms with Crippen LogP contribution >= 0.6 is 22.7 Å². The number of nitrogens with zero attached hydrogens (tertiary/aromatic N) is 3. The van der Waals surface area contributed by atoms with Crippen molar-refractivity contribution in [2.75, 3.05) is 18.4 Å². The first-order chi connectivity index (χ1) is 14.7. The Morgan fingerprint density at radius 2 is 1.83 bits per heavy atom. The summed E-state index contributed by atoms with van der Waals surface area (Å²) in [7, 11) is 0. The lowest BCUT2D eigenvalue weighted by molar-refractivity contribution is -0.121. The van der Waals surface area contributed by atoms with Gasteiger partial charge in [-0.1, -0.05) is 18.2 Å². The number of imidazole rings is 1. The average Bonchev–Trinajstić information content (AvgIpc) is 3.51. The van der Waals surface area contributed by atoms with Gasteiger partial charge in [-0.15, -0.1) is 22.7 Å². The molecule has 5 rings (SSSR count). The van der Waals surface area contributed by atoms with Crippen LogP contribution in [0.25, 0.3) is 16.2 Å². The molecule has 0 aliphatic carbocycles. The molecule has 0 spiro atoms. The lowest BCUT2D eigenvalue weighted by Crippen LogP contribution is -2.41. The van der Waals surface area contributed by atoms with Crippen molar-refractivity contribution in [3.05, 3.63) is 64.4 Å². The molecule has 1 aliphatic heterocycles. The Labute approximate surface area is 181 Å². The van der Waals surface area contributed by atoms with Crippen molar-refractivity contribution in [2.24, 2.45) is 5.92 Å². The summed E-state index contributed by atoms with van der Waals surface area (Å²) < 4.78 is 2.01. The first-order valence-electron chi connectivity index (χ1n) is 9.84. The zero-order chi connectivity index (χ0) is 20.5. The van der Waals surface area contributed by atoms with Crippen LogP contribution in [0.3, 0.4) is 0 Å². The van der Waals surface area contributed by atoms with E-state index in [1.54, 1.807) is 11.3 Å². The number of piperidine rings is 1. The molecule has 2 amide bonds. The van der Waals surface area contributed by atoms with Crippen molar-refractivity contribution >= 4 is 45.1 Å². The van der Waals surface area contributed by atoms with Gasteiger partial charge in [-0.25, -0.2) is 4.98 Å². The molecule has 1 saturated heterocycles. The van der Waals surface area contributed by atoms with E-state index in [1.807, 2.05) is 68.9 Å². The van der Waals surface area contributed by atoms with Crippen LogP contribution in [-0.2, 0) is 4.79 Å². The maximum Gasteiger partial charge on any atom is 0.263 e. The van der Waals surface area contributed by atoms with Gasteiger partial charge in [0, 0.05) is 48.0 Å². The second-order valence-corrected chi connectivity index (χ2v) is 9.15. The monoisotopic (exact) mass is 436 g/mol. The van der Waals surface area contributed by atoms with E-state index in [0.717, 1.165) is 26.8 Å². The number of benzene rings is 1. The average molecular weight is 437 g/mol. The number of carbonyl (C=O) groups is 2. The minimum atomic E-state index is -0.0722. The molecule has 1 N–H and O–H groups in total. The largest absolute Gasteiger partial charge is 0.338 e. The zero-order valence-corrected chi connectivity index (χ0v) is 17.8. The molecule has 0 saturated carbocycles. The molecule has 4 heterocycles. The maximum absolute atomic E-state index is 12.7. The highest BCUT2D eigenvalue weighted by molar-refractivity contribution is 7.15. The van der Waals surface area contributed by atoms with Gasteiger partial charge in [0.05, 0.1) is 10.6 Å². The third kappa shape index (κ3) is 3.76. The molecule has 0 radical (unpaired) electrons. The second kappa shape index (κ2) is 8.04. The molecule has 6 nitrogen and oxygen atoms in total. The van der Waals surface area contributed by atoms with Crippen molar-refractivity contribution in [1.82, 2.24) is 14.3 Å². The minimum Gasteiger partial charge on any atom is -0.338 e. The fourth-order valence-electron chi connectivity index (χ4n) is 3.74. The van der Waals surface area contributed by atoms with E-state index in [2.05, 4.69) is 10.3 Å². The van der Waals surface area contributed by atoms with Crippen LogP contribution in [0.1, 0.15) is 22.5 Å². The second-order valence-electron chi connectivity index (χ2n) is 7.33. The zero-order valence-electron chi connectivity index (χ0n) is 16.2. The Morgan fingerprint density at radius 3 is 2.53 bits per heavy atom. The first kappa shape index (κ1) is 19.0. The standard InChI is InChI=1S/C22H20N4O2S2/c27-20(16-7-9-25(10-8-16)21(28)19-2-1-12-29-19)23-17-5-3-15(4-6-17)18-14-26-11-13-30-22(26)24-18/h1-6,11-14,16H,7-10H2,(H,23,27). The third-order valence-corrected chi connectivity index (χ3v) is 7.05. The normalized spacial score (nSPS) is 14.9. The van der Waals surface area contributed by atoms with Crippen molar-refractivity contribution < 1.29 is 9.59 Å². The molecule has 30 heavy (non-hydrogen) atoms. The van der Waals surface area contributed by atoms with Gasteiger partial charge < -0.3 is 10.2 Å². The highest BCUT2D eigenvalue weighted by atomic mass is 32.1. The Balaban J connectivity index is 1.18. The number of hydrogen-bond donors (Lipinski definition) is 1. The maximum atomic E-state index is 12.7. The number of fused-ring (bicyclic) bond motifs is 1. The third-order valence-electron chi connectivity index (χ3n) is 5.43. The van der Waals surface area contributed by atoms with Gasteiger partial charge in [-0.3, -0.25) is 14.0 Å². The van der Waals surface area contributed by atoms with Crippen LogP contribution in [0.4, 0.5) is 5.69 Å². The van der Waals surface area contributed by atoms with Gasteiger partial charge >= 0.3 is 0 Å². The van der Waals surface area contributed by atoms with Gasteiger partial charge in [0.15, 0.2) is 4.96 Å². The minimum absolute atomic E-state index is 0.0217. The van der Waals surface area contributed by atoms with E-state index in [4.69, 9.17) is 0 Å². The van der Waals surface area contributed by atoms with Crippen LogP contribution < -0.4 is 5.32 Å². The lowest BCUT2D eigenvalue weighted by atomic mass is 9.95. The Morgan fingerprint density at radius 1 is 1.03 bits per heavy atom. The molecule has 1 aromatic carbocycles. The number of rotatable bonds is 4. The molecule has 4 aromatic rings. The molecule has 3 aromatic heterocycles. The highest BCUT2D eigenvalue weighted by Crippen LogP contribution is 2.25. The number of likely N-dealkylation sites (tertiary alicyclic amines) is 1. The molecule has 0 atom stereocenters. The van der Waals surface area contributed by atoms with Gasteiger partial charge in [0.2, 0.25) is 5.91 Å². The van der Waals surface area contributed by atoms with E-state index >= 15 is 0 Å². The molecular formula is C22H20N4O2S2. The molecule has 1 aliphatic rings. The first-order valence-corrected chi connectivity index (χ1v) is 11.6. The number of hydrogen-bond acceptors (Lipinski definition) is 5. The molecule has 152 valence electrons. The fourth-order valence-corrected chi connectivity index (χ4v) is 5.13. The smallest absolute Gasteiger partial charge is 0.263 e. The van der Waals surface area contributed by atoms with E-state index < -0.39 is 0 Å². The summed E-state index contributed by atoms with van der Waals surface area (Å²) >= 11 is 3.06. The van der Waals surface area contributed by atoms with Crippen LogP contribution in [0.5, 0.6) is 0 Å². The summed E-state index contributed by atoms with van der Waals surface area (Å²) in [6.07, 6.45) is 5.37. The van der Waals surface area contributed by atoms with Crippen LogP contribution in [0.15, 0.2) is 59.6 Å². The summed E-state index contributed by atoms with van der Waals surface area (Å²) in [6.45, 7) is 1.23. The Hall–Kier alpha value is -2.97. The van der Waals surface area contributed by atoms with Crippen molar-refractivity contribution in [3.63, 3.8) is 0 Å². The van der Waals surface area contributed by atoms with E-state index in [0.29, 0.717) is 25.9 Å². The topological polar surface area (TPSA) is 66.7 Å². The predicted molar refractivity (Wildman–Crippen MR) is 120 cm³/mol. The van der Waals surface area contributed by atoms with Crippen LogP contribution in [-0.4, -0.2) is 39.2 Å². The van der Waals surface area contributed by atoms with E-state index in [9.17, 15) is 9.59 Å². The molecule has 0 bridgehead atoms. The van der Waals surface area contributed by atoms with Gasteiger partial charge in [0.1, 0.15) is 0 Å². The SMILES string of the molecule is O=C(Nc1ccc(-c2cn3ccsc3n2)cc1)C1CCN(C(=O)c2cccs2)CC1. The summed E-state index contributed by atoms with van der Waals surface area (Å²) in [6, 6.07) is 11.5. The highest BCUT2D eigenvalue weighted by Gasteiger charge is 2.28. The number of nitrogens with one attached hydrogen (secondary N) is 1. The quantitative estimate of drug-likeness (QED) is 0.508. The number of anilines is 1. The molecular weight excluding hydrogens is 416 g/mol. The Kier molecular flexibility index (Phi) is 5.10. The summed E-state index contributed by atoms with van der Waals surface area (Å²) in [5, 5.41) is 6.94. The van der Waals surface area contributed by atoms with Crippen LogP contribution in [0, 0.1) is 5.92 Å². The number of carbonyl (C=O) groups excluding carboxylic acids is 2. The van der Waals surface area contributed by atoms with Gasteiger partial charge in [-0.05, 0) is 36.4 Å². The number of thiazole rings is 1. The lowest BCUT2D eigenvalue weighted by Gasteiger charge is -2.31. The molecule has 8 heteroatoms. The summed E-state index contributed by atoms with van der Waals surface area (Å²) in [5.41, 5.74) is 2.72. The number of thiophene rings is 1. The predicted octanol–water partition coefficient (Wildman–Crippen LogP) is 4.62. The summed E-state index contributed by atoms with van der Waals surface area (Å²) in [5.74, 6) is 0.0177. The molecule has 1 fully saturated rings. The Bertz CT molecular complexity index is 1140. The van der Waals surface area contributed by atoms with Crippen molar-refractivity contribution in [3.8, 4) is 11.3 Å².